The SMILES string of the molecule is CSc1ncc(Br)c(N2CCOCC2)n1. The quantitative estimate of drug-likeness (QED) is 0.613. The number of aromatic nitrogens is 2. The molecule has 0 spiro atoms. The van der Waals surface area contributed by atoms with Crippen molar-refractivity contribution in [3.8, 4) is 0 Å². The molecule has 1 aliphatic rings. The second kappa shape index (κ2) is 5.14. The first-order valence-electron chi connectivity index (χ1n) is 4.70. The molecule has 0 radical (unpaired) electrons. The molecular weight excluding hydrogens is 278 g/mol. The van der Waals surface area contributed by atoms with Gasteiger partial charge in [0.15, 0.2) is 5.16 Å². The number of morpholine rings is 1. The summed E-state index contributed by atoms with van der Waals surface area (Å²) in [6.07, 6.45) is 3.79. The zero-order chi connectivity index (χ0) is 10.7. The molecule has 0 N–H and O–H groups in total. The molecule has 1 aliphatic heterocycles. The van der Waals surface area contributed by atoms with E-state index in [1.807, 2.05) is 12.5 Å². The van der Waals surface area contributed by atoms with Gasteiger partial charge in [0.05, 0.1) is 17.7 Å². The monoisotopic (exact) mass is 289 g/mol. The van der Waals surface area contributed by atoms with Gasteiger partial charge < -0.3 is 9.64 Å². The van der Waals surface area contributed by atoms with E-state index < -0.39 is 0 Å². The van der Waals surface area contributed by atoms with Gasteiger partial charge in [-0.2, -0.15) is 0 Å². The molecule has 0 bridgehead atoms. The predicted molar refractivity (Wildman–Crippen MR) is 64.5 cm³/mol. The summed E-state index contributed by atoms with van der Waals surface area (Å²) in [6, 6.07) is 0. The topological polar surface area (TPSA) is 38.2 Å². The van der Waals surface area contributed by atoms with Crippen LogP contribution in [0.5, 0.6) is 0 Å². The lowest BCUT2D eigenvalue weighted by molar-refractivity contribution is 0.122. The van der Waals surface area contributed by atoms with Gasteiger partial charge in [0.2, 0.25) is 0 Å². The minimum absolute atomic E-state index is 0.769. The highest BCUT2D eigenvalue weighted by atomic mass is 79.9. The molecule has 1 saturated heterocycles. The molecule has 6 heteroatoms. The van der Waals surface area contributed by atoms with Gasteiger partial charge in [-0.15, -0.1) is 0 Å². The van der Waals surface area contributed by atoms with Crippen LogP contribution in [-0.2, 0) is 4.74 Å². The van der Waals surface area contributed by atoms with Crippen molar-refractivity contribution in [3.63, 3.8) is 0 Å². The Hall–Kier alpha value is -0.330. The molecule has 2 heterocycles. The van der Waals surface area contributed by atoms with E-state index in [2.05, 4.69) is 30.8 Å². The summed E-state index contributed by atoms with van der Waals surface area (Å²) >= 11 is 5.03. The maximum atomic E-state index is 5.31. The molecule has 1 aromatic rings. The highest BCUT2D eigenvalue weighted by molar-refractivity contribution is 9.10. The molecule has 0 amide bonds. The Morgan fingerprint density at radius 2 is 2.20 bits per heavy atom. The van der Waals surface area contributed by atoms with Gasteiger partial charge in [-0.3, -0.25) is 0 Å². The highest BCUT2D eigenvalue weighted by Gasteiger charge is 2.16. The van der Waals surface area contributed by atoms with E-state index >= 15 is 0 Å². The van der Waals surface area contributed by atoms with Crippen molar-refractivity contribution in [3.05, 3.63) is 10.7 Å². The van der Waals surface area contributed by atoms with Crippen LogP contribution in [0.1, 0.15) is 0 Å². The van der Waals surface area contributed by atoms with Crippen LogP contribution in [0.4, 0.5) is 5.82 Å². The van der Waals surface area contributed by atoms with Crippen molar-refractivity contribution in [1.82, 2.24) is 9.97 Å². The van der Waals surface area contributed by atoms with E-state index in [1.165, 1.54) is 0 Å². The third-order valence-electron chi connectivity index (χ3n) is 2.20. The van der Waals surface area contributed by atoms with Crippen molar-refractivity contribution in [2.75, 3.05) is 37.5 Å². The minimum Gasteiger partial charge on any atom is -0.378 e. The molecule has 2 rings (SSSR count). The van der Waals surface area contributed by atoms with Crippen molar-refractivity contribution >= 4 is 33.5 Å². The molecular formula is C9H12BrN3OS. The number of thioether (sulfide) groups is 1. The highest BCUT2D eigenvalue weighted by Crippen LogP contribution is 2.25. The summed E-state index contributed by atoms with van der Waals surface area (Å²) in [6.45, 7) is 3.32. The fourth-order valence-electron chi connectivity index (χ4n) is 1.44. The number of nitrogens with zero attached hydrogens (tertiary/aromatic N) is 3. The number of anilines is 1. The number of halogens is 1. The first kappa shape index (κ1) is 11.2. The summed E-state index contributed by atoms with van der Waals surface area (Å²) in [5.74, 6) is 0.970. The molecule has 0 atom stereocenters. The molecule has 15 heavy (non-hydrogen) atoms. The average molecular weight is 290 g/mol. The molecule has 0 unspecified atom stereocenters. The third-order valence-corrected chi connectivity index (χ3v) is 3.32. The molecule has 4 nitrogen and oxygen atoms in total. The van der Waals surface area contributed by atoms with Crippen LogP contribution in [0.15, 0.2) is 15.8 Å². The predicted octanol–water partition coefficient (Wildman–Crippen LogP) is 1.80. The first-order chi connectivity index (χ1) is 7.31. The number of ether oxygens (including phenoxy) is 1. The Balaban J connectivity index is 2.24. The van der Waals surface area contributed by atoms with Crippen molar-refractivity contribution in [1.29, 1.82) is 0 Å². The van der Waals surface area contributed by atoms with Crippen LogP contribution < -0.4 is 4.90 Å². The largest absolute Gasteiger partial charge is 0.378 e. The Kier molecular flexibility index (Phi) is 3.82. The lowest BCUT2D eigenvalue weighted by atomic mass is 10.4. The van der Waals surface area contributed by atoms with Crippen LogP contribution in [0.3, 0.4) is 0 Å². The van der Waals surface area contributed by atoms with E-state index in [9.17, 15) is 0 Å². The summed E-state index contributed by atoms with van der Waals surface area (Å²) in [5.41, 5.74) is 0. The van der Waals surface area contributed by atoms with Crippen molar-refractivity contribution in [2.24, 2.45) is 0 Å². The number of hydrogen-bond acceptors (Lipinski definition) is 5. The first-order valence-corrected chi connectivity index (χ1v) is 6.72. The lowest BCUT2D eigenvalue weighted by Gasteiger charge is -2.28. The zero-order valence-corrected chi connectivity index (χ0v) is 10.8. The van der Waals surface area contributed by atoms with E-state index in [1.54, 1.807) is 11.8 Å². The maximum Gasteiger partial charge on any atom is 0.189 e. The molecule has 0 saturated carbocycles. The van der Waals surface area contributed by atoms with Crippen LogP contribution in [0.25, 0.3) is 0 Å². The van der Waals surface area contributed by atoms with Crippen molar-refractivity contribution < 1.29 is 4.74 Å². The Morgan fingerprint density at radius 1 is 1.47 bits per heavy atom. The van der Waals surface area contributed by atoms with Gasteiger partial charge in [0, 0.05) is 19.3 Å². The summed E-state index contributed by atoms with van der Waals surface area (Å²) in [7, 11) is 0. The van der Waals surface area contributed by atoms with Gasteiger partial charge in [-0.05, 0) is 22.2 Å². The molecule has 0 aromatic carbocycles. The van der Waals surface area contributed by atoms with Gasteiger partial charge in [-0.1, -0.05) is 11.8 Å². The minimum atomic E-state index is 0.769. The van der Waals surface area contributed by atoms with Gasteiger partial charge in [-0.25, -0.2) is 9.97 Å². The maximum absolute atomic E-state index is 5.31. The normalized spacial score (nSPS) is 16.8. The summed E-state index contributed by atoms with van der Waals surface area (Å²) in [5, 5.41) is 0.805. The van der Waals surface area contributed by atoms with Crippen molar-refractivity contribution in [2.45, 2.75) is 5.16 Å². The number of rotatable bonds is 2. The van der Waals surface area contributed by atoms with Gasteiger partial charge in [0.1, 0.15) is 5.82 Å². The summed E-state index contributed by atoms with van der Waals surface area (Å²) in [4.78, 5) is 10.9. The molecule has 0 aliphatic carbocycles. The van der Waals surface area contributed by atoms with Crippen LogP contribution in [0, 0.1) is 0 Å². The Bertz CT molecular complexity index is 344. The second-order valence-electron chi connectivity index (χ2n) is 3.13. The summed E-state index contributed by atoms with van der Waals surface area (Å²) < 4.78 is 6.26. The van der Waals surface area contributed by atoms with Crippen LogP contribution in [0.2, 0.25) is 0 Å². The second-order valence-corrected chi connectivity index (χ2v) is 4.76. The Morgan fingerprint density at radius 3 is 2.87 bits per heavy atom. The Labute approximate surface area is 102 Å². The van der Waals surface area contributed by atoms with Gasteiger partial charge >= 0.3 is 0 Å². The molecule has 1 fully saturated rings. The van der Waals surface area contributed by atoms with E-state index in [-0.39, 0.29) is 0 Å². The van der Waals surface area contributed by atoms with E-state index in [4.69, 9.17) is 4.74 Å². The fraction of sp³-hybridized carbons (Fsp3) is 0.556. The van der Waals surface area contributed by atoms with Gasteiger partial charge in [0.25, 0.3) is 0 Å². The van der Waals surface area contributed by atoms with Crippen LogP contribution in [-0.4, -0.2) is 42.5 Å². The zero-order valence-electron chi connectivity index (χ0n) is 8.44. The lowest BCUT2D eigenvalue weighted by Crippen LogP contribution is -2.37. The van der Waals surface area contributed by atoms with E-state index in [0.29, 0.717) is 0 Å². The van der Waals surface area contributed by atoms with Crippen LogP contribution >= 0.6 is 27.7 Å². The van der Waals surface area contributed by atoms with E-state index in [0.717, 1.165) is 41.8 Å². The standard InChI is InChI=1S/C9H12BrN3OS/c1-15-9-11-6-7(10)8(12-9)13-2-4-14-5-3-13/h6H,2-5H2,1H3. The fourth-order valence-corrected chi connectivity index (χ4v) is 2.22. The smallest absolute Gasteiger partial charge is 0.189 e. The average Bonchev–Trinajstić information content (AvgIpc) is 2.31. The molecule has 1 aromatic heterocycles. The molecule has 82 valence electrons. The number of hydrogen-bond donors (Lipinski definition) is 0. The third kappa shape index (κ3) is 2.62.